The van der Waals surface area contributed by atoms with Crippen LogP contribution in [0, 0.1) is 0 Å². The number of hydrogen-bond acceptors (Lipinski definition) is 3. The molecule has 1 aliphatic heterocycles. The summed E-state index contributed by atoms with van der Waals surface area (Å²) in [6, 6.07) is 0. The van der Waals surface area contributed by atoms with Crippen LogP contribution in [0.4, 0.5) is 0 Å². The molecule has 1 fully saturated rings. The molecule has 0 aromatic rings. The van der Waals surface area contributed by atoms with Gasteiger partial charge in [0, 0.05) is 13.5 Å². The fourth-order valence-electron chi connectivity index (χ4n) is 1.25. The molecule has 3 atom stereocenters. The second kappa shape index (κ2) is 3.32. The van der Waals surface area contributed by atoms with Crippen molar-refractivity contribution in [1.29, 1.82) is 0 Å². The molecular weight excluding hydrogens is 132 g/mol. The van der Waals surface area contributed by atoms with Gasteiger partial charge in [0.05, 0.1) is 18.8 Å². The van der Waals surface area contributed by atoms with Crippen molar-refractivity contribution in [1.82, 2.24) is 0 Å². The minimum absolute atomic E-state index is 0.111. The van der Waals surface area contributed by atoms with Crippen molar-refractivity contribution in [2.75, 3.05) is 13.7 Å². The Morgan fingerprint density at radius 1 is 1.70 bits per heavy atom. The summed E-state index contributed by atoms with van der Waals surface area (Å²) in [4.78, 5) is 0. The zero-order valence-electron chi connectivity index (χ0n) is 6.41. The molecular formula is C7H14O3. The summed E-state index contributed by atoms with van der Waals surface area (Å²) in [5.74, 6) is 0. The normalized spacial score (nSPS) is 40.5. The standard InChI is InChI=1S/C7H14O3/c1-5-3-6(8)7(10-5)4-9-2/h5-8H,3-4H2,1-2H3/t5-,6+,7?/m0/s1. The first kappa shape index (κ1) is 7.98. The van der Waals surface area contributed by atoms with Gasteiger partial charge in [-0.15, -0.1) is 0 Å². The van der Waals surface area contributed by atoms with E-state index >= 15 is 0 Å². The van der Waals surface area contributed by atoms with E-state index in [4.69, 9.17) is 9.47 Å². The van der Waals surface area contributed by atoms with Crippen LogP contribution in [0.5, 0.6) is 0 Å². The summed E-state index contributed by atoms with van der Waals surface area (Å²) in [5.41, 5.74) is 0. The maximum absolute atomic E-state index is 9.29. The number of aliphatic hydroxyl groups excluding tert-OH is 1. The SMILES string of the molecule is COCC1O[C@@H](C)C[C@H]1O. The first-order valence-electron chi connectivity index (χ1n) is 3.56. The van der Waals surface area contributed by atoms with E-state index in [0.717, 1.165) is 6.42 Å². The van der Waals surface area contributed by atoms with Crippen LogP contribution < -0.4 is 0 Å². The molecule has 0 spiro atoms. The Hall–Kier alpha value is -0.120. The van der Waals surface area contributed by atoms with Crippen LogP contribution in [0.2, 0.25) is 0 Å². The van der Waals surface area contributed by atoms with E-state index in [1.54, 1.807) is 7.11 Å². The molecule has 1 aliphatic rings. The van der Waals surface area contributed by atoms with Gasteiger partial charge in [-0.3, -0.25) is 0 Å². The van der Waals surface area contributed by atoms with Gasteiger partial charge in [0.25, 0.3) is 0 Å². The first-order valence-corrected chi connectivity index (χ1v) is 3.56. The van der Waals surface area contributed by atoms with E-state index in [-0.39, 0.29) is 18.3 Å². The maximum Gasteiger partial charge on any atom is 0.107 e. The van der Waals surface area contributed by atoms with E-state index in [2.05, 4.69) is 0 Å². The highest BCUT2D eigenvalue weighted by molar-refractivity contribution is 4.79. The minimum Gasteiger partial charge on any atom is -0.390 e. The predicted molar refractivity (Wildman–Crippen MR) is 36.8 cm³/mol. The molecule has 0 aliphatic carbocycles. The van der Waals surface area contributed by atoms with Crippen molar-refractivity contribution in [3.05, 3.63) is 0 Å². The zero-order chi connectivity index (χ0) is 7.56. The van der Waals surface area contributed by atoms with Crippen molar-refractivity contribution in [3.8, 4) is 0 Å². The average Bonchev–Trinajstić information content (AvgIpc) is 2.13. The first-order chi connectivity index (χ1) is 4.74. The van der Waals surface area contributed by atoms with Crippen molar-refractivity contribution in [2.45, 2.75) is 31.7 Å². The number of aliphatic hydroxyl groups is 1. The Morgan fingerprint density at radius 2 is 2.40 bits per heavy atom. The summed E-state index contributed by atoms with van der Waals surface area (Å²) in [5, 5.41) is 9.29. The van der Waals surface area contributed by atoms with Gasteiger partial charge < -0.3 is 14.6 Å². The van der Waals surface area contributed by atoms with Crippen LogP contribution in [0.3, 0.4) is 0 Å². The third kappa shape index (κ3) is 1.68. The predicted octanol–water partition coefficient (Wildman–Crippen LogP) is 0.171. The smallest absolute Gasteiger partial charge is 0.107 e. The maximum atomic E-state index is 9.29. The highest BCUT2D eigenvalue weighted by atomic mass is 16.5. The Kier molecular flexibility index (Phi) is 2.65. The van der Waals surface area contributed by atoms with Crippen LogP contribution >= 0.6 is 0 Å². The van der Waals surface area contributed by atoms with Crippen molar-refractivity contribution in [3.63, 3.8) is 0 Å². The Labute approximate surface area is 60.9 Å². The summed E-state index contributed by atoms with van der Waals surface area (Å²) >= 11 is 0. The molecule has 1 unspecified atom stereocenters. The number of rotatable bonds is 2. The summed E-state index contributed by atoms with van der Waals surface area (Å²) in [6.45, 7) is 2.45. The monoisotopic (exact) mass is 146 g/mol. The largest absolute Gasteiger partial charge is 0.390 e. The third-order valence-corrected chi connectivity index (χ3v) is 1.74. The summed E-state index contributed by atoms with van der Waals surface area (Å²) in [6.07, 6.45) is 0.457. The van der Waals surface area contributed by atoms with E-state index in [9.17, 15) is 5.11 Å². The lowest BCUT2D eigenvalue weighted by molar-refractivity contribution is -0.0288. The van der Waals surface area contributed by atoms with Crippen LogP contribution in [0.25, 0.3) is 0 Å². The average molecular weight is 146 g/mol. The van der Waals surface area contributed by atoms with Gasteiger partial charge in [-0.25, -0.2) is 0 Å². The van der Waals surface area contributed by atoms with Gasteiger partial charge in [0.2, 0.25) is 0 Å². The molecule has 0 saturated carbocycles. The Morgan fingerprint density at radius 3 is 2.80 bits per heavy atom. The minimum atomic E-state index is -0.338. The molecule has 1 rings (SSSR count). The molecule has 10 heavy (non-hydrogen) atoms. The molecule has 3 heteroatoms. The van der Waals surface area contributed by atoms with Crippen LogP contribution in [-0.4, -0.2) is 37.1 Å². The lowest BCUT2D eigenvalue weighted by Gasteiger charge is -2.11. The highest BCUT2D eigenvalue weighted by Gasteiger charge is 2.30. The van der Waals surface area contributed by atoms with Gasteiger partial charge in [-0.05, 0) is 6.92 Å². The van der Waals surface area contributed by atoms with E-state index in [0.29, 0.717) is 6.61 Å². The van der Waals surface area contributed by atoms with Crippen LogP contribution in [0.15, 0.2) is 0 Å². The van der Waals surface area contributed by atoms with Gasteiger partial charge in [-0.2, -0.15) is 0 Å². The van der Waals surface area contributed by atoms with Gasteiger partial charge >= 0.3 is 0 Å². The van der Waals surface area contributed by atoms with Crippen molar-refractivity contribution in [2.24, 2.45) is 0 Å². The fourth-order valence-corrected chi connectivity index (χ4v) is 1.25. The molecule has 0 amide bonds. The molecule has 1 N–H and O–H groups in total. The fraction of sp³-hybridized carbons (Fsp3) is 1.00. The Bertz CT molecular complexity index is 105. The van der Waals surface area contributed by atoms with Gasteiger partial charge in [-0.1, -0.05) is 0 Å². The third-order valence-electron chi connectivity index (χ3n) is 1.74. The van der Waals surface area contributed by atoms with Crippen molar-refractivity contribution >= 4 is 0 Å². The van der Waals surface area contributed by atoms with Crippen LogP contribution in [-0.2, 0) is 9.47 Å². The molecule has 0 bridgehead atoms. The quantitative estimate of drug-likeness (QED) is 0.603. The molecule has 60 valence electrons. The zero-order valence-corrected chi connectivity index (χ0v) is 6.41. The van der Waals surface area contributed by atoms with Crippen LogP contribution in [0.1, 0.15) is 13.3 Å². The number of hydrogen-bond donors (Lipinski definition) is 1. The molecule has 1 saturated heterocycles. The molecule has 0 aromatic carbocycles. The highest BCUT2D eigenvalue weighted by Crippen LogP contribution is 2.19. The summed E-state index contributed by atoms with van der Waals surface area (Å²) < 4.78 is 10.2. The number of methoxy groups -OCH3 is 1. The lowest BCUT2D eigenvalue weighted by atomic mass is 10.1. The lowest BCUT2D eigenvalue weighted by Crippen LogP contribution is -2.25. The number of ether oxygens (including phenoxy) is 2. The van der Waals surface area contributed by atoms with Gasteiger partial charge in [0.1, 0.15) is 6.10 Å². The van der Waals surface area contributed by atoms with E-state index in [1.165, 1.54) is 0 Å². The van der Waals surface area contributed by atoms with E-state index < -0.39 is 0 Å². The Balaban J connectivity index is 2.31. The molecule has 1 heterocycles. The summed E-state index contributed by atoms with van der Waals surface area (Å²) in [7, 11) is 1.61. The van der Waals surface area contributed by atoms with Gasteiger partial charge in [0.15, 0.2) is 0 Å². The molecule has 3 nitrogen and oxygen atoms in total. The van der Waals surface area contributed by atoms with Crippen molar-refractivity contribution < 1.29 is 14.6 Å². The second-order valence-corrected chi connectivity index (χ2v) is 2.74. The molecule has 0 radical (unpaired) electrons. The molecule has 0 aromatic heterocycles. The van der Waals surface area contributed by atoms with E-state index in [1.807, 2.05) is 6.92 Å². The second-order valence-electron chi connectivity index (χ2n) is 2.74. The topological polar surface area (TPSA) is 38.7 Å².